The molecular formula is C26H24N2O4. The third-order valence-electron chi connectivity index (χ3n) is 8.83. The smallest absolute Gasteiger partial charge is 0.234 e. The van der Waals surface area contributed by atoms with E-state index in [4.69, 9.17) is 0 Å². The van der Waals surface area contributed by atoms with Crippen molar-refractivity contribution in [2.45, 2.75) is 25.9 Å². The molecule has 2 saturated carbocycles. The topological polar surface area (TPSA) is 74.8 Å². The molecule has 8 atom stereocenters. The average Bonchev–Trinajstić information content (AvgIpc) is 3.62. The first-order chi connectivity index (χ1) is 15.5. The quantitative estimate of drug-likeness (QED) is 0.545. The Morgan fingerprint density at radius 3 is 1.09 bits per heavy atom. The van der Waals surface area contributed by atoms with E-state index in [1.807, 2.05) is 24.3 Å². The SMILES string of the molecule is O=C1[C@@H]2[C@@H](C(=O)N1Cc1ccc(CN3C(=O)[C@@H]4[C@H](C3=O)[C@@H]3C=C[C@H]4C3)cc1)[C@H]1C=C[C@H]2C1. The van der Waals surface area contributed by atoms with Gasteiger partial charge < -0.3 is 0 Å². The number of hydrogen-bond acceptors (Lipinski definition) is 4. The lowest BCUT2D eigenvalue weighted by atomic mass is 9.85. The minimum Gasteiger partial charge on any atom is -0.278 e. The van der Waals surface area contributed by atoms with Gasteiger partial charge in [-0.15, -0.1) is 0 Å². The number of nitrogens with zero attached hydrogens (tertiary/aromatic N) is 2. The predicted molar refractivity (Wildman–Crippen MR) is 113 cm³/mol. The van der Waals surface area contributed by atoms with Gasteiger partial charge in [-0.05, 0) is 47.6 Å². The molecule has 0 aromatic heterocycles. The van der Waals surface area contributed by atoms with Gasteiger partial charge in [0.05, 0.1) is 36.8 Å². The summed E-state index contributed by atoms with van der Waals surface area (Å²) in [6, 6.07) is 7.59. The Morgan fingerprint density at radius 2 is 0.812 bits per heavy atom. The van der Waals surface area contributed by atoms with Gasteiger partial charge in [-0.3, -0.25) is 29.0 Å². The molecule has 6 aliphatic rings. The molecule has 0 unspecified atom stereocenters. The molecule has 4 fully saturated rings. The van der Waals surface area contributed by atoms with Crippen molar-refractivity contribution in [2.75, 3.05) is 0 Å². The van der Waals surface area contributed by atoms with Crippen LogP contribution in [0, 0.1) is 47.3 Å². The van der Waals surface area contributed by atoms with E-state index < -0.39 is 0 Å². The molecule has 6 nitrogen and oxygen atoms in total. The van der Waals surface area contributed by atoms with Gasteiger partial charge in [0.25, 0.3) is 0 Å². The van der Waals surface area contributed by atoms with Gasteiger partial charge in [-0.25, -0.2) is 0 Å². The molecule has 2 heterocycles. The van der Waals surface area contributed by atoms with Crippen molar-refractivity contribution in [1.82, 2.24) is 9.80 Å². The summed E-state index contributed by atoms with van der Waals surface area (Å²) in [6.45, 7) is 0.566. The highest BCUT2D eigenvalue weighted by Gasteiger charge is 2.60. The number of fused-ring (bicyclic) bond motifs is 10. The van der Waals surface area contributed by atoms with Crippen molar-refractivity contribution in [3.8, 4) is 0 Å². The molecule has 4 amide bonds. The zero-order chi connectivity index (χ0) is 21.7. The van der Waals surface area contributed by atoms with E-state index >= 15 is 0 Å². The van der Waals surface area contributed by atoms with Gasteiger partial charge >= 0.3 is 0 Å². The van der Waals surface area contributed by atoms with Crippen molar-refractivity contribution < 1.29 is 19.2 Å². The van der Waals surface area contributed by atoms with Crippen LogP contribution in [0.1, 0.15) is 24.0 Å². The Labute approximate surface area is 185 Å². The van der Waals surface area contributed by atoms with Crippen molar-refractivity contribution in [3.05, 3.63) is 59.7 Å². The number of imide groups is 2. The fraction of sp³-hybridized carbons (Fsp3) is 0.462. The van der Waals surface area contributed by atoms with E-state index in [0.29, 0.717) is 0 Å². The van der Waals surface area contributed by atoms with Gasteiger partial charge in [-0.1, -0.05) is 48.6 Å². The molecule has 6 heteroatoms. The summed E-state index contributed by atoms with van der Waals surface area (Å²) in [7, 11) is 0. The Morgan fingerprint density at radius 1 is 0.531 bits per heavy atom. The fourth-order valence-electron chi connectivity index (χ4n) is 7.36. The maximum atomic E-state index is 12.9. The molecule has 4 bridgehead atoms. The Bertz CT molecular complexity index is 986. The molecule has 1 aromatic rings. The van der Waals surface area contributed by atoms with Gasteiger partial charge in [0, 0.05) is 0 Å². The van der Waals surface area contributed by atoms with Crippen molar-refractivity contribution in [3.63, 3.8) is 0 Å². The Kier molecular flexibility index (Phi) is 3.63. The van der Waals surface area contributed by atoms with Gasteiger partial charge in [-0.2, -0.15) is 0 Å². The van der Waals surface area contributed by atoms with Gasteiger partial charge in [0.2, 0.25) is 23.6 Å². The molecule has 32 heavy (non-hydrogen) atoms. The minimum absolute atomic E-state index is 0.0380. The molecule has 0 N–H and O–H groups in total. The first-order valence-electron chi connectivity index (χ1n) is 11.7. The molecular weight excluding hydrogens is 404 g/mol. The summed E-state index contributed by atoms with van der Waals surface area (Å²) in [5, 5.41) is 0. The molecule has 7 rings (SSSR count). The van der Waals surface area contributed by atoms with E-state index in [1.54, 1.807) is 0 Å². The third kappa shape index (κ3) is 2.30. The average molecular weight is 428 g/mol. The van der Waals surface area contributed by atoms with Crippen molar-refractivity contribution in [2.24, 2.45) is 47.3 Å². The first-order valence-corrected chi connectivity index (χ1v) is 11.7. The van der Waals surface area contributed by atoms with Crippen LogP contribution in [0.5, 0.6) is 0 Å². The summed E-state index contributed by atoms with van der Waals surface area (Å²) in [6.07, 6.45) is 10.3. The number of carbonyl (C=O) groups excluding carboxylic acids is 4. The number of likely N-dealkylation sites (tertiary alicyclic amines) is 2. The zero-order valence-electron chi connectivity index (χ0n) is 17.6. The molecule has 2 aliphatic heterocycles. The largest absolute Gasteiger partial charge is 0.278 e. The third-order valence-corrected chi connectivity index (χ3v) is 8.83. The van der Waals surface area contributed by atoms with Gasteiger partial charge in [0.1, 0.15) is 0 Å². The lowest BCUT2D eigenvalue weighted by molar-refractivity contribution is -0.143. The van der Waals surface area contributed by atoms with Gasteiger partial charge in [0.15, 0.2) is 0 Å². The summed E-state index contributed by atoms with van der Waals surface area (Å²) >= 11 is 0. The number of benzene rings is 1. The summed E-state index contributed by atoms with van der Waals surface area (Å²) in [5.74, 6) is 0.0239. The second-order valence-electron chi connectivity index (χ2n) is 10.3. The van der Waals surface area contributed by atoms with Crippen LogP contribution in [0.3, 0.4) is 0 Å². The van der Waals surface area contributed by atoms with Crippen LogP contribution in [0.2, 0.25) is 0 Å². The van der Waals surface area contributed by atoms with E-state index in [1.165, 1.54) is 9.80 Å². The number of carbonyl (C=O) groups is 4. The Balaban J connectivity index is 1.05. The summed E-state index contributed by atoms with van der Waals surface area (Å²) in [5.41, 5.74) is 1.77. The van der Waals surface area contributed by atoms with E-state index in [2.05, 4.69) is 24.3 Å². The highest BCUT2D eigenvalue weighted by Crippen LogP contribution is 2.53. The molecule has 0 spiro atoms. The summed E-state index contributed by atoms with van der Waals surface area (Å²) in [4.78, 5) is 54.4. The second kappa shape index (κ2) is 6.27. The molecule has 0 radical (unpaired) electrons. The standard InChI is InChI=1S/C26H24N2O4/c29-23-19-15-5-6-16(9-15)20(19)24(30)27(23)11-13-1-2-14(4-3-13)12-28-25(31)21-17-7-8-18(10-17)22(21)26(28)32/h1-8,15-22H,9-12H2/t15-,16-,17-,18+,19-,20-,21-,22+/m0/s1. The fourth-order valence-corrected chi connectivity index (χ4v) is 7.36. The highest BCUT2D eigenvalue weighted by atomic mass is 16.2. The maximum absolute atomic E-state index is 12.9. The predicted octanol–water partition coefficient (Wildman–Crippen LogP) is 2.30. The Hall–Kier alpha value is -3.02. The molecule has 1 aromatic carbocycles. The van der Waals surface area contributed by atoms with Crippen LogP contribution in [0.4, 0.5) is 0 Å². The number of hydrogen-bond donors (Lipinski definition) is 0. The molecule has 4 aliphatic carbocycles. The van der Waals surface area contributed by atoms with Crippen molar-refractivity contribution in [1.29, 1.82) is 0 Å². The second-order valence-corrected chi connectivity index (χ2v) is 10.3. The minimum atomic E-state index is -0.173. The van der Waals surface area contributed by atoms with Crippen LogP contribution in [-0.2, 0) is 32.3 Å². The van der Waals surface area contributed by atoms with E-state index in [-0.39, 0.29) is 84.1 Å². The van der Waals surface area contributed by atoms with E-state index in [0.717, 1.165) is 24.0 Å². The van der Waals surface area contributed by atoms with Crippen LogP contribution in [0.15, 0.2) is 48.6 Å². The highest BCUT2D eigenvalue weighted by molar-refractivity contribution is 6.07. The maximum Gasteiger partial charge on any atom is 0.234 e. The van der Waals surface area contributed by atoms with Crippen LogP contribution in [-0.4, -0.2) is 33.4 Å². The van der Waals surface area contributed by atoms with Crippen LogP contribution in [0.25, 0.3) is 0 Å². The lowest BCUT2D eigenvalue weighted by Gasteiger charge is -2.19. The molecule has 2 saturated heterocycles. The van der Waals surface area contributed by atoms with Crippen LogP contribution >= 0.6 is 0 Å². The van der Waals surface area contributed by atoms with E-state index in [9.17, 15) is 19.2 Å². The van der Waals surface area contributed by atoms with Crippen LogP contribution < -0.4 is 0 Å². The van der Waals surface area contributed by atoms with Crippen molar-refractivity contribution >= 4 is 23.6 Å². The zero-order valence-corrected chi connectivity index (χ0v) is 17.6. The molecule has 162 valence electrons. The monoisotopic (exact) mass is 428 g/mol. The normalized spacial score (nSPS) is 40.4. The lowest BCUT2D eigenvalue weighted by Crippen LogP contribution is -2.33. The first kappa shape index (κ1) is 18.5. The number of allylic oxidation sites excluding steroid dienone is 4. The number of amides is 4. The summed E-state index contributed by atoms with van der Waals surface area (Å²) < 4.78 is 0. The number of rotatable bonds is 4.